The number of rotatable bonds is 10. The minimum Gasteiger partial charge on any atom is -0.469 e. The summed E-state index contributed by atoms with van der Waals surface area (Å²) in [6.07, 6.45) is 5.84. The minimum absolute atomic E-state index is 0.0802. The fraction of sp³-hybridized carbons (Fsp3) is 0.889. The molecule has 0 aromatic heterocycles. The Morgan fingerprint density at radius 2 is 1.16 bits per heavy atom. The van der Waals surface area contributed by atoms with Crippen LogP contribution in [0.4, 0.5) is 0 Å². The average molecular weight is 501 g/mol. The van der Waals surface area contributed by atoms with Crippen molar-refractivity contribution in [2.24, 2.45) is 11.8 Å². The van der Waals surface area contributed by atoms with E-state index < -0.39 is 0 Å². The van der Waals surface area contributed by atoms with Crippen LogP contribution in [0.1, 0.15) is 53.4 Å². The normalized spacial score (nSPS) is 11.8. The van der Waals surface area contributed by atoms with Crippen LogP contribution in [0.5, 0.6) is 0 Å². The molecule has 0 aromatic rings. The van der Waals surface area contributed by atoms with E-state index in [0.717, 1.165) is 0 Å². The molecule has 25 heavy (non-hydrogen) atoms. The number of ether oxygens (including phenoxy) is 2. The van der Waals surface area contributed by atoms with Crippen molar-refractivity contribution in [3.63, 3.8) is 0 Å². The molecule has 0 aromatic carbocycles. The summed E-state index contributed by atoms with van der Waals surface area (Å²) in [5.41, 5.74) is 0. The fourth-order valence-electron chi connectivity index (χ4n) is 1.28. The average Bonchev–Trinajstić information content (AvgIpc) is 2.66. The van der Waals surface area contributed by atoms with Gasteiger partial charge in [0.2, 0.25) is 0 Å². The largest absolute Gasteiger partial charge is 0.469 e. The minimum atomic E-state index is -0.194. The van der Waals surface area contributed by atoms with E-state index in [1.807, 2.05) is 0 Å². The van der Waals surface area contributed by atoms with Crippen LogP contribution in [0.3, 0.4) is 0 Å². The van der Waals surface area contributed by atoms with Gasteiger partial charge in [0.25, 0.3) is 0 Å². The van der Waals surface area contributed by atoms with Crippen molar-refractivity contribution in [1.29, 1.82) is 0 Å². The molecular formula is C18H38O4S2Sn. The molecule has 150 valence electrons. The molecule has 0 spiro atoms. The van der Waals surface area contributed by atoms with Crippen molar-refractivity contribution >= 4 is 58.3 Å². The number of hydrogen-bond donors (Lipinski definition) is 2. The number of methoxy groups -OCH3 is 2. The van der Waals surface area contributed by atoms with Crippen molar-refractivity contribution in [3.05, 3.63) is 0 Å². The second-order valence-electron chi connectivity index (χ2n) is 5.67. The number of hydrogen-bond acceptors (Lipinski definition) is 6. The van der Waals surface area contributed by atoms with Crippen LogP contribution in [-0.2, 0) is 19.1 Å². The molecule has 0 N–H and O–H groups in total. The van der Waals surface area contributed by atoms with E-state index in [0.29, 0.717) is 11.5 Å². The number of esters is 2. The zero-order valence-electron chi connectivity index (χ0n) is 16.8. The van der Waals surface area contributed by atoms with Gasteiger partial charge >= 0.3 is 81.5 Å². The summed E-state index contributed by atoms with van der Waals surface area (Å²) in [6, 6.07) is 0. The van der Waals surface area contributed by atoms with Crippen molar-refractivity contribution in [1.82, 2.24) is 0 Å². The van der Waals surface area contributed by atoms with Crippen LogP contribution in [-0.4, -0.2) is 58.8 Å². The van der Waals surface area contributed by atoms with E-state index in [4.69, 9.17) is 0 Å². The number of unbranched alkanes of at least 4 members (excludes halogenated alkanes) is 2. The van der Waals surface area contributed by atoms with Crippen LogP contribution in [0, 0.1) is 11.8 Å². The van der Waals surface area contributed by atoms with Gasteiger partial charge in [-0.05, 0) is 0 Å². The van der Waals surface area contributed by atoms with Crippen molar-refractivity contribution in [2.45, 2.75) is 62.3 Å². The maximum absolute atomic E-state index is 10.5. The van der Waals surface area contributed by atoms with Gasteiger partial charge in [-0.25, -0.2) is 0 Å². The van der Waals surface area contributed by atoms with Crippen molar-refractivity contribution in [3.8, 4) is 0 Å². The first-order valence-electron chi connectivity index (χ1n) is 8.94. The summed E-state index contributed by atoms with van der Waals surface area (Å²) in [4.78, 5) is 20.9. The van der Waals surface area contributed by atoms with E-state index in [2.05, 4.69) is 48.6 Å². The van der Waals surface area contributed by atoms with E-state index in [-0.39, 0.29) is 44.9 Å². The standard InChI is InChI=1S/2C5H10O2S.2C4H9.Sn/c2*1-4(3-8)5(6)7-2;2*1-3-4-2;/h2*4,8H,3H2,1-2H3;2*1,3-4H2,2H3;. The van der Waals surface area contributed by atoms with Gasteiger partial charge in [-0.3, -0.25) is 9.59 Å². The van der Waals surface area contributed by atoms with E-state index in [1.54, 1.807) is 22.7 Å². The second-order valence-corrected chi connectivity index (χ2v) is 10.7. The predicted molar refractivity (Wildman–Crippen MR) is 115 cm³/mol. The van der Waals surface area contributed by atoms with Gasteiger partial charge in [-0.2, -0.15) is 25.3 Å². The van der Waals surface area contributed by atoms with Crippen LogP contribution < -0.4 is 0 Å². The molecule has 2 unspecified atom stereocenters. The maximum Gasteiger partial charge on any atom is 0.309 e. The smallest absolute Gasteiger partial charge is 0.309 e. The quantitative estimate of drug-likeness (QED) is 0.199. The third-order valence-corrected chi connectivity index (χ3v) is 8.30. The summed E-state index contributed by atoms with van der Waals surface area (Å²) in [7, 11) is 2.75. The molecule has 0 amide bonds. The number of thiol groups is 2. The molecule has 0 aliphatic rings. The number of carbonyl (C=O) groups is 2. The van der Waals surface area contributed by atoms with Crippen LogP contribution >= 0.6 is 25.3 Å². The van der Waals surface area contributed by atoms with Crippen LogP contribution in [0.25, 0.3) is 0 Å². The molecule has 0 aliphatic carbocycles. The second kappa shape index (κ2) is 24.4. The van der Waals surface area contributed by atoms with Gasteiger partial charge in [-0.1, -0.05) is 13.8 Å². The molecular weight excluding hydrogens is 463 g/mol. The first kappa shape index (κ1) is 30.2. The zero-order valence-corrected chi connectivity index (χ0v) is 21.5. The molecule has 0 saturated heterocycles. The molecule has 4 nitrogen and oxygen atoms in total. The third kappa shape index (κ3) is 24.4. The van der Waals surface area contributed by atoms with E-state index in [1.165, 1.54) is 39.9 Å². The van der Waals surface area contributed by atoms with Gasteiger partial charge < -0.3 is 9.47 Å². The SMILES string of the molecule is CCC[CH2][Sn][CH2]CCC.COC(=O)C(C)CS.COC(=O)C(C)CS. The molecule has 0 bridgehead atoms. The Hall–Kier alpha value is 0.439. The summed E-state index contributed by atoms with van der Waals surface area (Å²) >= 11 is 7.97. The Balaban J connectivity index is -0.000000291. The van der Waals surface area contributed by atoms with Crippen molar-refractivity contribution < 1.29 is 19.1 Å². The topological polar surface area (TPSA) is 52.6 Å². The first-order chi connectivity index (χ1) is 11.9. The molecule has 2 radical (unpaired) electrons. The molecule has 0 heterocycles. The molecule has 0 rings (SSSR count). The Labute approximate surface area is 176 Å². The van der Waals surface area contributed by atoms with Gasteiger partial charge in [-0.15, -0.1) is 0 Å². The van der Waals surface area contributed by atoms with Crippen molar-refractivity contribution in [2.75, 3.05) is 25.7 Å². The van der Waals surface area contributed by atoms with Gasteiger partial charge in [0.05, 0.1) is 26.1 Å². The van der Waals surface area contributed by atoms with Crippen LogP contribution in [0.15, 0.2) is 0 Å². The van der Waals surface area contributed by atoms with Gasteiger partial charge in [0.1, 0.15) is 0 Å². The van der Waals surface area contributed by atoms with Crippen LogP contribution in [0.2, 0.25) is 8.87 Å². The molecule has 2 atom stereocenters. The summed E-state index contributed by atoms with van der Waals surface area (Å²) in [6.45, 7) is 8.14. The number of carbonyl (C=O) groups excluding carboxylic acids is 2. The summed E-state index contributed by atoms with van der Waals surface area (Å²) in [5.74, 6) is 0.547. The van der Waals surface area contributed by atoms with E-state index in [9.17, 15) is 9.59 Å². The Bertz CT molecular complexity index is 277. The molecule has 7 heteroatoms. The maximum atomic E-state index is 10.5. The van der Waals surface area contributed by atoms with Gasteiger partial charge in [0.15, 0.2) is 0 Å². The monoisotopic (exact) mass is 502 g/mol. The molecule has 0 aliphatic heterocycles. The Kier molecular flexibility index (Phi) is 29.5. The van der Waals surface area contributed by atoms with E-state index >= 15 is 0 Å². The zero-order chi connectivity index (χ0) is 20.1. The molecule has 0 fully saturated rings. The fourth-order valence-corrected chi connectivity index (χ4v) is 5.74. The first-order valence-corrected chi connectivity index (χ1v) is 14.2. The summed E-state index contributed by atoms with van der Waals surface area (Å²) in [5, 5.41) is 0. The van der Waals surface area contributed by atoms with Gasteiger partial charge in [0, 0.05) is 11.5 Å². The Morgan fingerprint density at radius 3 is 1.32 bits per heavy atom. The summed E-state index contributed by atoms with van der Waals surface area (Å²) < 4.78 is 12.1. The predicted octanol–water partition coefficient (Wildman–Crippen LogP) is 4.58. The third-order valence-electron chi connectivity index (χ3n) is 3.17. The molecule has 0 saturated carbocycles. The Morgan fingerprint density at radius 1 is 0.840 bits per heavy atom.